The van der Waals surface area contributed by atoms with Crippen LogP contribution < -0.4 is 0 Å². The van der Waals surface area contributed by atoms with Gasteiger partial charge < -0.3 is 0 Å². The summed E-state index contributed by atoms with van der Waals surface area (Å²) in [6, 6.07) is 29.0. The van der Waals surface area contributed by atoms with Crippen LogP contribution >= 0.6 is 0 Å². The summed E-state index contributed by atoms with van der Waals surface area (Å²) in [5.74, 6) is 0. The van der Waals surface area contributed by atoms with Crippen molar-refractivity contribution < 1.29 is 0 Å². The standard InChI is InChI=1S/6C16H17N/c1-9-5-15-14-6-10(2)11(3)12(4)13(14)7-16(15)17-8-9;1-9-5-14-15(17-8-9)7-13-6-10(2)11(3)12(4)16(13)14;1-9-7-15-13-6-5-10(2)17-16(13)8-14(15)12(4)11(9)3;1-9-5-6-17-15-8-13-12(4)11(3)10(2)7-14(13)16(9)15;1-9-5-6-17-14-8-13-7-10(2)11(3)12(4)16(13)15(9)14;1-9-10(2)12(4)16-13-6-5-7-17-15(13)8-14(16)11(9)3/h2*5-6,8H,7H2,1-4H3;4*5-7H,8H2,1-4H3. The van der Waals surface area contributed by atoms with Gasteiger partial charge in [-0.1, -0.05) is 42.5 Å². The zero-order chi connectivity index (χ0) is 72.9. The lowest BCUT2D eigenvalue weighted by molar-refractivity contribution is 1.06. The fraction of sp³-hybridized carbons (Fsp3) is 0.312. The molecular weight excluding hydrogens is 1240 g/mol. The van der Waals surface area contributed by atoms with E-state index in [-0.39, 0.29) is 0 Å². The maximum absolute atomic E-state index is 4.67. The summed E-state index contributed by atoms with van der Waals surface area (Å²) < 4.78 is 0. The molecule has 0 bridgehead atoms. The lowest BCUT2D eigenvalue weighted by atomic mass is 9.89. The number of nitrogens with zero attached hydrogens (tertiary/aromatic N) is 6. The van der Waals surface area contributed by atoms with Crippen LogP contribution in [0, 0.1) is 166 Å². The van der Waals surface area contributed by atoms with Gasteiger partial charge in [0.2, 0.25) is 0 Å². The molecule has 12 aromatic rings. The largest absolute Gasteiger partial charge is 0.260 e. The fourth-order valence-electron chi connectivity index (χ4n) is 17.1. The molecule has 6 aromatic heterocycles. The van der Waals surface area contributed by atoms with Crippen molar-refractivity contribution in [1.82, 2.24) is 29.9 Å². The van der Waals surface area contributed by atoms with Crippen LogP contribution in [0.4, 0.5) is 0 Å². The monoisotopic (exact) mass is 1340 g/mol. The van der Waals surface area contributed by atoms with Gasteiger partial charge in [-0.2, -0.15) is 0 Å². The van der Waals surface area contributed by atoms with E-state index in [1.54, 1.807) is 0 Å². The van der Waals surface area contributed by atoms with E-state index < -0.39 is 0 Å². The van der Waals surface area contributed by atoms with E-state index in [0.29, 0.717) is 0 Å². The molecule has 0 spiro atoms. The van der Waals surface area contributed by atoms with Crippen molar-refractivity contribution in [2.75, 3.05) is 0 Å². The summed E-state index contributed by atoms with van der Waals surface area (Å²) in [5.41, 5.74) is 66.1. The van der Waals surface area contributed by atoms with E-state index >= 15 is 0 Å². The van der Waals surface area contributed by atoms with E-state index in [9.17, 15) is 0 Å². The second-order valence-electron chi connectivity index (χ2n) is 30.6. The Hall–Kier alpha value is -9.78. The Bertz CT molecular complexity index is 5500. The topological polar surface area (TPSA) is 77.3 Å². The Morgan fingerprint density at radius 1 is 0.225 bits per heavy atom. The highest BCUT2D eigenvalue weighted by molar-refractivity contribution is 5.85. The molecule has 0 fully saturated rings. The van der Waals surface area contributed by atoms with Gasteiger partial charge in [-0.3, -0.25) is 29.9 Å². The van der Waals surface area contributed by atoms with Gasteiger partial charge in [0, 0.05) is 109 Å². The van der Waals surface area contributed by atoms with Gasteiger partial charge in [0.15, 0.2) is 0 Å². The Labute approximate surface area is 608 Å². The van der Waals surface area contributed by atoms with Gasteiger partial charge in [0.25, 0.3) is 0 Å². The van der Waals surface area contributed by atoms with Crippen LogP contribution in [0.2, 0.25) is 0 Å². The molecule has 6 heterocycles. The normalized spacial score (nSPS) is 12.5. The summed E-state index contributed by atoms with van der Waals surface area (Å²) in [7, 11) is 0. The van der Waals surface area contributed by atoms with Crippen molar-refractivity contribution in [3.8, 4) is 66.8 Å². The average molecular weight is 1340 g/mol. The van der Waals surface area contributed by atoms with E-state index in [1.165, 1.54) is 262 Å². The van der Waals surface area contributed by atoms with Crippen LogP contribution in [-0.2, 0) is 38.5 Å². The first kappa shape index (κ1) is 70.6. The maximum atomic E-state index is 4.67. The minimum atomic E-state index is 0.993. The first-order valence-electron chi connectivity index (χ1n) is 36.8. The van der Waals surface area contributed by atoms with Crippen molar-refractivity contribution >= 4 is 0 Å². The second kappa shape index (κ2) is 27.5. The number of hydrogen-bond donors (Lipinski definition) is 0. The molecule has 6 aromatic carbocycles. The number of aromatic nitrogens is 6. The molecule has 102 heavy (non-hydrogen) atoms. The molecule has 0 saturated carbocycles. The number of fused-ring (bicyclic) bond motifs is 18. The summed E-state index contributed by atoms with van der Waals surface area (Å²) in [6.45, 7) is 52.8. The van der Waals surface area contributed by atoms with Gasteiger partial charge in [0.05, 0.1) is 34.2 Å². The number of hydrogen-bond acceptors (Lipinski definition) is 6. The van der Waals surface area contributed by atoms with Crippen molar-refractivity contribution in [1.29, 1.82) is 0 Å². The molecule has 0 atom stereocenters. The molecule has 0 saturated heterocycles. The molecule has 6 heteroatoms. The van der Waals surface area contributed by atoms with E-state index in [1.807, 2.05) is 37.1 Å². The van der Waals surface area contributed by atoms with Crippen LogP contribution in [0.15, 0.2) is 110 Å². The van der Waals surface area contributed by atoms with Gasteiger partial charge in [-0.25, -0.2) is 0 Å². The zero-order valence-electron chi connectivity index (χ0n) is 65.3. The van der Waals surface area contributed by atoms with Crippen LogP contribution in [0.5, 0.6) is 0 Å². The molecule has 6 aliphatic rings. The summed E-state index contributed by atoms with van der Waals surface area (Å²) in [5, 5.41) is 0. The minimum Gasteiger partial charge on any atom is -0.260 e. The zero-order valence-corrected chi connectivity index (χ0v) is 65.3. The van der Waals surface area contributed by atoms with Crippen molar-refractivity contribution in [3.63, 3.8) is 0 Å². The van der Waals surface area contributed by atoms with Crippen LogP contribution in [-0.4, -0.2) is 29.9 Å². The third-order valence-corrected chi connectivity index (χ3v) is 24.6. The third kappa shape index (κ3) is 12.4. The average Bonchev–Trinajstić information content (AvgIpc) is 1.62. The Morgan fingerprint density at radius 3 is 1.23 bits per heavy atom. The van der Waals surface area contributed by atoms with E-state index in [2.05, 4.69) is 269 Å². The van der Waals surface area contributed by atoms with Crippen LogP contribution in [0.1, 0.15) is 201 Å². The van der Waals surface area contributed by atoms with Gasteiger partial charge in [0.1, 0.15) is 0 Å². The highest BCUT2D eigenvalue weighted by atomic mass is 14.7. The summed E-state index contributed by atoms with van der Waals surface area (Å²) in [6.07, 6.45) is 15.7. The van der Waals surface area contributed by atoms with Gasteiger partial charge >= 0.3 is 0 Å². The molecule has 0 radical (unpaired) electrons. The third-order valence-electron chi connectivity index (χ3n) is 24.6. The highest BCUT2D eigenvalue weighted by Gasteiger charge is 2.30. The first-order valence-corrected chi connectivity index (χ1v) is 36.8. The second-order valence-corrected chi connectivity index (χ2v) is 30.6. The molecule has 18 rings (SSSR count). The molecule has 6 aliphatic carbocycles. The fourth-order valence-corrected chi connectivity index (χ4v) is 17.1. The number of benzene rings is 6. The number of rotatable bonds is 0. The molecule has 0 N–H and O–H groups in total. The maximum Gasteiger partial charge on any atom is 0.0529 e. The predicted octanol–water partition coefficient (Wildman–Crippen LogP) is 23.3. The molecule has 6 nitrogen and oxygen atoms in total. The first-order chi connectivity index (χ1) is 48.5. The van der Waals surface area contributed by atoms with Crippen LogP contribution in [0.25, 0.3) is 66.8 Å². The highest BCUT2D eigenvalue weighted by Crippen LogP contribution is 2.47. The lowest BCUT2D eigenvalue weighted by Crippen LogP contribution is -1.98. The van der Waals surface area contributed by atoms with Crippen molar-refractivity contribution in [2.24, 2.45) is 0 Å². The Morgan fingerprint density at radius 2 is 0.627 bits per heavy atom. The summed E-state index contributed by atoms with van der Waals surface area (Å²) in [4.78, 5) is 27.4. The van der Waals surface area contributed by atoms with Gasteiger partial charge in [-0.05, 0) is 397 Å². The van der Waals surface area contributed by atoms with Crippen molar-refractivity contribution in [3.05, 3.63) is 311 Å². The van der Waals surface area contributed by atoms with Crippen LogP contribution in [0.3, 0.4) is 0 Å². The van der Waals surface area contributed by atoms with Crippen molar-refractivity contribution in [2.45, 2.75) is 205 Å². The van der Waals surface area contributed by atoms with E-state index in [4.69, 9.17) is 0 Å². The Balaban J connectivity index is 0.000000109. The predicted molar refractivity (Wildman–Crippen MR) is 429 cm³/mol. The molecule has 516 valence electrons. The van der Waals surface area contributed by atoms with E-state index in [0.717, 1.165) is 44.2 Å². The SMILES string of the molecule is Cc1c(C)c(C)c2c(c1C)Cc1ncccc1-2.Cc1cc2c(c(C)c1C)-c1c(C)ccnc1C2.Cc1cc2c(c(C)c1C)Cc1nccc(C)c1-2.Cc1ccc2c(n1)Cc1c-2cc(C)c(C)c1C.Cc1cnc2c(c1)-c1c(cc(C)c(C)c1C)C2.Cc1cnc2c(c1)-c1cc(C)c(C)c(C)c1C2. The molecule has 0 aliphatic heterocycles. The number of pyridine rings is 6. The molecule has 0 unspecified atom stereocenters. The Kier molecular flexibility index (Phi) is 19.1. The molecular formula is C96H102N6. The number of aryl methyl sites for hydroxylation is 10. The van der Waals surface area contributed by atoms with Gasteiger partial charge in [-0.15, -0.1) is 0 Å². The quantitative estimate of drug-likeness (QED) is 0.151. The molecule has 0 amide bonds. The smallest absolute Gasteiger partial charge is 0.0529 e. The lowest BCUT2D eigenvalue weighted by Gasteiger charge is -2.15. The minimum absolute atomic E-state index is 0.993. The summed E-state index contributed by atoms with van der Waals surface area (Å²) >= 11 is 0.